The van der Waals surface area contributed by atoms with Crippen molar-refractivity contribution in [3.63, 3.8) is 0 Å². The summed E-state index contributed by atoms with van der Waals surface area (Å²) in [5.74, 6) is -71.9. The second-order valence-electron chi connectivity index (χ2n) is 12.9. The maximum atomic E-state index is 15.4. The highest BCUT2D eigenvalue weighted by atomic mass is 19.2. The third kappa shape index (κ3) is 8.08. The van der Waals surface area contributed by atoms with E-state index in [2.05, 4.69) is 4.98 Å². The number of ether oxygens (including phenoxy) is 1. The number of rotatable bonds is 9. The number of hydrogen-bond acceptors (Lipinski definition) is 4. The van der Waals surface area contributed by atoms with Crippen LogP contribution in [-0.2, 0) is 11.3 Å². The van der Waals surface area contributed by atoms with E-state index in [9.17, 15) is 62.3 Å². The van der Waals surface area contributed by atoms with Gasteiger partial charge in [-0.3, -0.25) is 4.79 Å². The summed E-state index contributed by atoms with van der Waals surface area (Å²) in [4.78, 5) is 27.6. The molecule has 6 rings (SSSR count). The largest absolute Gasteiger partial charge is 0.461 e. The number of carbonyl (C=O) groups excluding carboxylic acids is 2. The predicted octanol–water partition coefficient (Wildman–Crippen LogP) is 7.27. The fourth-order valence-corrected chi connectivity index (χ4v) is 6.60. The molecule has 26 heteroatoms. The number of nitrogens with zero attached hydrogens (tertiary/aromatic N) is 2. The maximum Gasteiger partial charge on any atom is 0.363 e. The molecule has 0 atom stereocenters. The number of Topliss-reactive ketones (excluding diaryl/α,β-unsaturated/α-hetero) is 1. The van der Waals surface area contributed by atoms with E-state index in [4.69, 9.17) is 4.74 Å². The van der Waals surface area contributed by atoms with Gasteiger partial charge in [0.2, 0.25) is 24.2 Å². The van der Waals surface area contributed by atoms with Gasteiger partial charge in [0.15, 0.2) is 76.0 Å². The molecule has 5 aromatic carbocycles. The van der Waals surface area contributed by atoms with Crippen LogP contribution in [0.5, 0.6) is 0 Å². The molecule has 0 aliphatic rings. The van der Waals surface area contributed by atoms with Crippen LogP contribution in [0.1, 0.15) is 27.8 Å². The molecule has 0 N–H and O–H groups in total. The first-order valence-electron chi connectivity index (χ1n) is 17.2. The lowest BCUT2D eigenvalue weighted by Gasteiger charge is -2.44. The van der Waals surface area contributed by atoms with Crippen molar-refractivity contribution < 1.29 is 107 Å². The Morgan fingerprint density at radius 3 is 1.06 bits per heavy atom. The van der Waals surface area contributed by atoms with E-state index in [1.807, 2.05) is 18.2 Å². The SMILES string of the molecule is CCOC(=O)c1c[n+](CC(=O)c2ccccc2)ccn1.Fc1c(F)c(F)c([B-](c2c(F)c(F)c(F)c(F)c2F)(c2c(F)c(F)c(F)c(F)c2F)c2c(F)c(F)c(F)c(F)c2F)c(F)c1F. The first-order valence-corrected chi connectivity index (χ1v) is 17.2. The first kappa shape index (κ1) is 49.0. The van der Waals surface area contributed by atoms with Gasteiger partial charge in [-0.25, -0.2) is 97.6 Å². The molecule has 5 nitrogen and oxygen atoms in total. The fourth-order valence-electron chi connectivity index (χ4n) is 6.60. The molecular weight excluding hydrogens is 935 g/mol. The molecule has 0 aliphatic heterocycles. The standard InChI is InChI=1S/C24BF20.C15H15N2O3/c26-5-1(6(27)14(35)21(42)13(5)34)25(2-7(28)15(36)22(43)16(37)8(2)29,3-9(30)17(38)23(44)18(39)10(3)31)4-11(32)19(40)24(45)20(41)12(4)33;1-2-20-15(19)13-10-17(9-8-16-13)11-14(18)12-6-4-3-5-7-12/h;3-10H,2,11H2,1H3/q-1;+1. The zero-order chi connectivity index (χ0) is 48.7. The van der Waals surface area contributed by atoms with Gasteiger partial charge in [-0.05, 0) is 6.92 Å². The lowest BCUT2D eigenvalue weighted by Crippen LogP contribution is -2.81. The minimum atomic E-state index is -7.22. The molecule has 342 valence electrons. The third-order valence-corrected chi connectivity index (χ3v) is 9.37. The Bertz CT molecular complexity index is 2540. The third-order valence-electron chi connectivity index (χ3n) is 9.37. The topological polar surface area (TPSA) is 60.1 Å². The average Bonchev–Trinajstić information content (AvgIpc) is 3.29. The number of esters is 1. The lowest BCUT2D eigenvalue weighted by molar-refractivity contribution is -0.683. The van der Waals surface area contributed by atoms with Gasteiger partial charge in [-0.15, -0.1) is 21.9 Å². The number of ketones is 1. The molecule has 0 fully saturated rings. The molecule has 0 amide bonds. The summed E-state index contributed by atoms with van der Waals surface area (Å²) in [7, 11) is 0. The van der Waals surface area contributed by atoms with E-state index in [0.717, 1.165) is 0 Å². The average molecular weight is 950 g/mol. The van der Waals surface area contributed by atoms with Gasteiger partial charge in [-0.2, -0.15) is 4.57 Å². The summed E-state index contributed by atoms with van der Waals surface area (Å²) in [6.45, 7) is 2.17. The second kappa shape index (κ2) is 18.6. The quantitative estimate of drug-likeness (QED) is 0.0291. The van der Waals surface area contributed by atoms with Crippen molar-refractivity contribution in [2.75, 3.05) is 6.61 Å². The van der Waals surface area contributed by atoms with Crippen molar-refractivity contribution in [1.82, 2.24) is 4.98 Å². The summed E-state index contributed by atoms with van der Waals surface area (Å²) < 4.78 is 300. The van der Waals surface area contributed by atoms with Crippen LogP contribution in [0.3, 0.4) is 0 Å². The Hall–Kier alpha value is -7.02. The van der Waals surface area contributed by atoms with Crippen LogP contribution in [0.2, 0.25) is 0 Å². The monoisotopic (exact) mass is 950 g/mol. The minimum absolute atomic E-state index is 0.0309. The van der Waals surface area contributed by atoms with Crippen LogP contribution < -0.4 is 26.4 Å². The number of aromatic nitrogens is 2. The van der Waals surface area contributed by atoms with Crippen LogP contribution in [0.4, 0.5) is 87.8 Å². The summed E-state index contributed by atoms with van der Waals surface area (Å²) in [5, 5.41) is 0. The van der Waals surface area contributed by atoms with Crippen molar-refractivity contribution in [3.8, 4) is 0 Å². The van der Waals surface area contributed by atoms with Gasteiger partial charge in [0.25, 0.3) is 0 Å². The van der Waals surface area contributed by atoms with E-state index in [0.29, 0.717) is 12.2 Å². The molecule has 0 spiro atoms. The maximum absolute atomic E-state index is 15.4. The number of benzene rings is 5. The van der Waals surface area contributed by atoms with Crippen LogP contribution in [0.25, 0.3) is 0 Å². The Morgan fingerprint density at radius 1 is 0.477 bits per heavy atom. The fraction of sp³-hybridized carbons (Fsp3) is 0.0769. The highest BCUT2D eigenvalue weighted by Crippen LogP contribution is 2.30. The second-order valence-corrected chi connectivity index (χ2v) is 12.9. The Labute approximate surface area is 348 Å². The van der Waals surface area contributed by atoms with Gasteiger partial charge in [-0.1, -0.05) is 30.3 Å². The van der Waals surface area contributed by atoms with Crippen molar-refractivity contribution in [2.45, 2.75) is 13.5 Å². The highest BCUT2D eigenvalue weighted by molar-refractivity contribution is 7.20. The number of hydrogen-bond donors (Lipinski definition) is 0. The van der Waals surface area contributed by atoms with Crippen LogP contribution in [0, 0.1) is 116 Å². The van der Waals surface area contributed by atoms with Crippen LogP contribution >= 0.6 is 0 Å². The zero-order valence-electron chi connectivity index (χ0n) is 31.3. The molecule has 0 radical (unpaired) electrons. The van der Waals surface area contributed by atoms with Gasteiger partial charge >= 0.3 is 5.97 Å². The zero-order valence-corrected chi connectivity index (χ0v) is 31.3. The molecule has 0 unspecified atom stereocenters. The smallest absolute Gasteiger partial charge is 0.363 e. The van der Waals surface area contributed by atoms with Crippen molar-refractivity contribution in [2.24, 2.45) is 0 Å². The Morgan fingerprint density at radius 2 is 0.769 bits per heavy atom. The lowest BCUT2D eigenvalue weighted by atomic mass is 9.12. The van der Waals surface area contributed by atoms with Gasteiger partial charge < -0.3 is 4.74 Å². The summed E-state index contributed by atoms with van der Waals surface area (Å²) in [5.41, 5.74) is -13.5. The van der Waals surface area contributed by atoms with Crippen LogP contribution in [-0.4, -0.2) is 29.5 Å². The number of halogens is 20. The van der Waals surface area contributed by atoms with Gasteiger partial charge in [0.05, 0.1) is 12.8 Å². The summed E-state index contributed by atoms with van der Waals surface area (Å²) >= 11 is 0. The van der Waals surface area contributed by atoms with E-state index in [1.54, 1.807) is 29.8 Å². The summed E-state index contributed by atoms with van der Waals surface area (Å²) in [6, 6.07) is 9.00. The van der Waals surface area contributed by atoms with E-state index >= 15 is 35.1 Å². The molecule has 6 aromatic rings. The first-order chi connectivity index (χ1) is 30.4. The van der Waals surface area contributed by atoms with Crippen molar-refractivity contribution in [3.05, 3.63) is 177 Å². The Kier molecular flexibility index (Phi) is 14.0. The van der Waals surface area contributed by atoms with Crippen molar-refractivity contribution >= 4 is 39.7 Å². The Balaban J connectivity index is 0.000000330. The molecule has 0 saturated heterocycles. The van der Waals surface area contributed by atoms with E-state index in [-0.39, 0.29) is 18.0 Å². The molecule has 1 heterocycles. The van der Waals surface area contributed by atoms with Crippen molar-refractivity contribution in [1.29, 1.82) is 0 Å². The van der Waals surface area contributed by atoms with Gasteiger partial charge in [0, 0.05) is 5.56 Å². The molecule has 0 aliphatic carbocycles. The number of carbonyl (C=O) groups is 2. The molecule has 0 bridgehead atoms. The predicted molar refractivity (Wildman–Crippen MR) is 180 cm³/mol. The molecular formula is C39H15BF20N2O3. The van der Waals surface area contributed by atoms with Gasteiger partial charge in [0.1, 0.15) is 52.7 Å². The molecule has 1 aromatic heterocycles. The molecule has 65 heavy (non-hydrogen) atoms. The van der Waals surface area contributed by atoms with Crippen LogP contribution in [0.15, 0.2) is 48.9 Å². The summed E-state index contributed by atoms with van der Waals surface area (Å²) in [6.07, 6.45) is -2.59. The molecule has 0 saturated carbocycles. The van der Waals surface area contributed by atoms with E-state index < -0.39 is 150 Å². The highest BCUT2D eigenvalue weighted by Gasteiger charge is 2.52. The van der Waals surface area contributed by atoms with E-state index in [1.165, 1.54) is 12.4 Å². The minimum Gasteiger partial charge on any atom is -0.461 e. The normalized spacial score (nSPS) is 11.4.